The monoisotopic (exact) mass is 918 g/mol. The molecule has 0 aliphatic heterocycles. The van der Waals surface area contributed by atoms with E-state index in [9.17, 15) is 20.1 Å². The van der Waals surface area contributed by atoms with Gasteiger partial charge >= 0.3 is 0 Å². The van der Waals surface area contributed by atoms with Gasteiger partial charge in [0.2, 0.25) is 5.91 Å². The van der Waals surface area contributed by atoms with Crippen molar-refractivity contribution >= 4 is 5.91 Å². The van der Waals surface area contributed by atoms with Crippen molar-refractivity contribution in [3.05, 3.63) is 12.2 Å². The molecule has 65 heavy (non-hydrogen) atoms. The van der Waals surface area contributed by atoms with E-state index in [1.807, 2.05) is 0 Å². The number of amides is 1. The van der Waals surface area contributed by atoms with E-state index >= 15 is 0 Å². The van der Waals surface area contributed by atoms with E-state index in [-0.39, 0.29) is 12.5 Å². The number of nitrogens with one attached hydrogen (secondary N) is 1. The Morgan fingerprint density at radius 2 is 0.615 bits per heavy atom. The van der Waals surface area contributed by atoms with Gasteiger partial charge in [-0.25, -0.2) is 0 Å². The maximum Gasteiger partial charge on any atom is 0.220 e. The van der Waals surface area contributed by atoms with Crippen LogP contribution in [0.3, 0.4) is 0 Å². The van der Waals surface area contributed by atoms with Gasteiger partial charge in [0, 0.05) is 6.42 Å². The Bertz CT molecular complexity index is 925. The van der Waals surface area contributed by atoms with Gasteiger partial charge in [0.1, 0.15) is 6.10 Å². The van der Waals surface area contributed by atoms with Gasteiger partial charge in [-0.1, -0.05) is 309 Å². The molecule has 0 radical (unpaired) electrons. The molecular weight excluding hydrogens is 799 g/mol. The lowest BCUT2D eigenvalue weighted by Gasteiger charge is -2.26. The second-order valence-electron chi connectivity index (χ2n) is 20.9. The SMILES string of the molecule is CCCCCCCCCCCCCCCCCCCC/C=C\CCCCCCCCCCCCCCCCCCCC(=O)NC(CO)C(O)C(O)CCCCCCCCCCCCCC. The first kappa shape index (κ1) is 64.1. The Kier molecular flexibility index (Phi) is 54.9. The molecule has 0 saturated carbocycles. The van der Waals surface area contributed by atoms with Crippen LogP contribution in [-0.2, 0) is 4.79 Å². The molecule has 3 atom stereocenters. The molecule has 5 nitrogen and oxygen atoms in total. The van der Waals surface area contributed by atoms with Gasteiger partial charge in [0.25, 0.3) is 0 Å². The summed E-state index contributed by atoms with van der Waals surface area (Å²) in [4.78, 5) is 12.5. The largest absolute Gasteiger partial charge is 0.394 e. The van der Waals surface area contributed by atoms with Crippen molar-refractivity contribution in [1.82, 2.24) is 5.32 Å². The van der Waals surface area contributed by atoms with Crippen molar-refractivity contribution in [3.8, 4) is 0 Å². The van der Waals surface area contributed by atoms with Crippen LogP contribution >= 0.6 is 0 Å². The van der Waals surface area contributed by atoms with Gasteiger partial charge in [-0.15, -0.1) is 0 Å². The molecule has 0 saturated heterocycles. The second kappa shape index (κ2) is 55.7. The van der Waals surface area contributed by atoms with Crippen molar-refractivity contribution in [1.29, 1.82) is 0 Å². The maximum absolute atomic E-state index is 12.5. The standard InChI is InChI=1S/C60H119NO4/c1-3-5-7-9-11-13-15-17-18-19-20-21-22-23-24-25-26-27-28-29-30-31-32-33-34-35-36-37-38-39-40-41-42-43-45-47-49-51-53-55-59(64)61-57(56-62)60(65)58(63)54-52-50-48-46-44-16-14-12-10-8-6-4-2/h29-30,57-58,60,62-63,65H,3-28,31-56H2,1-2H3,(H,61,64)/b30-29-. The molecule has 388 valence electrons. The molecule has 1 amide bonds. The Hall–Kier alpha value is -0.910. The van der Waals surface area contributed by atoms with Gasteiger partial charge in [0.15, 0.2) is 0 Å². The average molecular weight is 919 g/mol. The molecule has 0 bridgehead atoms. The van der Waals surface area contributed by atoms with Gasteiger partial charge in [-0.05, 0) is 38.5 Å². The lowest BCUT2D eigenvalue weighted by Crippen LogP contribution is -2.50. The molecule has 0 rings (SSSR count). The predicted octanol–water partition coefficient (Wildman–Crippen LogP) is 18.7. The number of allylic oxidation sites excluding steroid dienone is 2. The first-order valence-corrected chi connectivity index (χ1v) is 30.0. The smallest absolute Gasteiger partial charge is 0.220 e. The highest BCUT2D eigenvalue weighted by molar-refractivity contribution is 5.76. The summed E-state index contributed by atoms with van der Waals surface area (Å²) in [6.45, 7) is 4.20. The van der Waals surface area contributed by atoms with E-state index in [0.717, 1.165) is 38.5 Å². The van der Waals surface area contributed by atoms with Crippen LogP contribution in [0.15, 0.2) is 12.2 Å². The summed E-state index contributed by atoms with van der Waals surface area (Å²) in [5.74, 6) is -0.139. The quantitative estimate of drug-likeness (QED) is 0.0361. The molecule has 0 aromatic rings. The first-order chi connectivity index (χ1) is 32.1. The Labute approximate surface area is 408 Å². The number of rotatable bonds is 56. The minimum atomic E-state index is -1.13. The third kappa shape index (κ3) is 50.8. The van der Waals surface area contributed by atoms with Crippen LogP contribution < -0.4 is 5.32 Å². The van der Waals surface area contributed by atoms with Crippen molar-refractivity contribution in [2.45, 2.75) is 360 Å². The van der Waals surface area contributed by atoms with E-state index in [4.69, 9.17) is 0 Å². The summed E-state index contributed by atoms with van der Waals surface area (Å²) in [7, 11) is 0. The first-order valence-electron chi connectivity index (χ1n) is 30.0. The van der Waals surface area contributed by atoms with E-state index in [2.05, 4.69) is 31.3 Å². The van der Waals surface area contributed by atoms with Crippen LogP contribution in [0, 0.1) is 0 Å². The summed E-state index contributed by atoms with van der Waals surface area (Å²) in [6, 6.07) is -0.805. The third-order valence-electron chi connectivity index (χ3n) is 14.4. The summed E-state index contributed by atoms with van der Waals surface area (Å²) in [5, 5.41) is 33.6. The molecule has 4 N–H and O–H groups in total. The van der Waals surface area contributed by atoms with E-state index < -0.39 is 18.2 Å². The molecular formula is C60H119NO4. The number of aliphatic hydroxyl groups excluding tert-OH is 3. The summed E-state index contributed by atoms with van der Waals surface area (Å²) in [6.07, 6.45) is 69.8. The minimum Gasteiger partial charge on any atom is -0.394 e. The van der Waals surface area contributed by atoms with Crippen LogP contribution in [-0.4, -0.2) is 46.1 Å². The van der Waals surface area contributed by atoms with Crippen LogP contribution in [0.1, 0.15) is 341 Å². The number of hydrogen-bond donors (Lipinski definition) is 4. The minimum absolute atomic E-state index is 0.139. The molecule has 0 aliphatic carbocycles. The molecule has 0 aliphatic rings. The summed E-state index contributed by atoms with van der Waals surface area (Å²) >= 11 is 0. The summed E-state index contributed by atoms with van der Waals surface area (Å²) in [5.41, 5.74) is 0. The highest BCUT2D eigenvalue weighted by atomic mass is 16.3. The normalized spacial score (nSPS) is 13.2. The molecule has 5 heteroatoms. The van der Waals surface area contributed by atoms with Crippen LogP contribution in [0.5, 0.6) is 0 Å². The Morgan fingerprint density at radius 1 is 0.369 bits per heavy atom. The lowest BCUT2D eigenvalue weighted by molar-refractivity contribution is -0.124. The average Bonchev–Trinajstić information content (AvgIpc) is 3.31. The summed E-state index contributed by atoms with van der Waals surface area (Å²) < 4.78 is 0. The topological polar surface area (TPSA) is 89.8 Å². The predicted molar refractivity (Wildman–Crippen MR) is 287 cm³/mol. The van der Waals surface area contributed by atoms with Gasteiger partial charge < -0.3 is 20.6 Å². The molecule has 0 aromatic heterocycles. The number of aliphatic hydroxyl groups is 3. The van der Waals surface area contributed by atoms with Crippen molar-refractivity contribution < 1.29 is 20.1 Å². The van der Waals surface area contributed by atoms with Crippen LogP contribution in [0.2, 0.25) is 0 Å². The fourth-order valence-corrected chi connectivity index (χ4v) is 9.75. The number of unbranched alkanes of at least 4 members (excludes halogenated alkanes) is 46. The maximum atomic E-state index is 12.5. The zero-order valence-corrected chi connectivity index (χ0v) is 44.4. The molecule has 0 spiro atoms. The zero-order chi connectivity index (χ0) is 47.2. The fourth-order valence-electron chi connectivity index (χ4n) is 9.75. The van der Waals surface area contributed by atoms with Crippen molar-refractivity contribution in [2.24, 2.45) is 0 Å². The Morgan fingerprint density at radius 3 is 0.892 bits per heavy atom. The van der Waals surface area contributed by atoms with Crippen molar-refractivity contribution in [2.75, 3.05) is 6.61 Å². The van der Waals surface area contributed by atoms with E-state index in [1.165, 1.54) is 276 Å². The lowest BCUT2D eigenvalue weighted by atomic mass is 9.99. The van der Waals surface area contributed by atoms with Crippen LogP contribution in [0.25, 0.3) is 0 Å². The number of carbonyl (C=O) groups excluding carboxylic acids is 1. The fraction of sp³-hybridized carbons (Fsp3) is 0.950. The molecule has 3 unspecified atom stereocenters. The van der Waals surface area contributed by atoms with Gasteiger partial charge in [-0.3, -0.25) is 4.79 Å². The van der Waals surface area contributed by atoms with E-state index in [1.54, 1.807) is 0 Å². The molecule has 0 fully saturated rings. The number of carbonyl (C=O) groups is 1. The van der Waals surface area contributed by atoms with Crippen molar-refractivity contribution in [3.63, 3.8) is 0 Å². The van der Waals surface area contributed by atoms with E-state index in [0.29, 0.717) is 12.8 Å². The van der Waals surface area contributed by atoms with Gasteiger partial charge in [0.05, 0.1) is 18.8 Å². The molecule has 0 aromatic carbocycles. The molecule has 0 heterocycles. The van der Waals surface area contributed by atoms with Crippen LogP contribution in [0.4, 0.5) is 0 Å². The third-order valence-corrected chi connectivity index (χ3v) is 14.4. The Balaban J connectivity index is 3.40. The zero-order valence-electron chi connectivity index (χ0n) is 44.4. The second-order valence-corrected chi connectivity index (χ2v) is 20.9. The highest BCUT2D eigenvalue weighted by Gasteiger charge is 2.26. The number of hydrogen-bond acceptors (Lipinski definition) is 4. The highest BCUT2D eigenvalue weighted by Crippen LogP contribution is 2.18. The van der Waals surface area contributed by atoms with Gasteiger partial charge in [-0.2, -0.15) is 0 Å².